The van der Waals surface area contributed by atoms with E-state index in [0.29, 0.717) is 12.1 Å². The summed E-state index contributed by atoms with van der Waals surface area (Å²) in [6.45, 7) is 6.64. The molecule has 0 saturated carbocycles. The molecule has 0 saturated heterocycles. The first-order valence-corrected chi connectivity index (χ1v) is 13.6. The molecule has 0 bridgehead atoms. The van der Waals surface area contributed by atoms with Crippen molar-refractivity contribution in [3.05, 3.63) is 125 Å². The first kappa shape index (κ1) is 29.9. The number of benzene rings is 4. The van der Waals surface area contributed by atoms with E-state index in [1.54, 1.807) is 13.0 Å². The van der Waals surface area contributed by atoms with Gasteiger partial charge in [-0.1, -0.05) is 84.9 Å². The second-order valence-electron chi connectivity index (χ2n) is 9.92. The highest BCUT2D eigenvalue weighted by molar-refractivity contribution is 5.72. The van der Waals surface area contributed by atoms with Crippen molar-refractivity contribution in [2.45, 2.75) is 52.2 Å². The predicted octanol–water partition coefficient (Wildman–Crippen LogP) is 8.82. The second kappa shape index (κ2) is 13.5. The van der Waals surface area contributed by atoms with E-state index < -0.39 is 6.36 Å². The number of hydrogen-bond acceptors (Lipinski definition) is 4. The Labute approximate surface area is 239 Å². The first-order valence-electron chi connectivity index (χ1n) is 13.6. The summed E-state index contributed by atoms with van der Waals surface area (Å²) < 4.78 is 48.3. The van der Waals surface area contributed by atoms with E-state index in [-0.39, 0.29) is 36.8 Å². The number of aryl methyl sites for hydroxylation is 1. The Morgan fingerprint density at radius 1 is 0.854 bits per heavy atom. The van der Waals surface area contributed by atoms with Crippen LogP contribution in [-0.2, 0) is 16.1 Å². The minimum absolute atomic E-state index is 0.0656. The minimum atomic E-state index is -4.79. The van der Waals surface area contributed by atoms with Crippen LogP contribution in [0, 0.1) is 6.92 Å². The van der Waals surface area contributed by atoms with Gasteiger partial charge in [0.15, 0.2) is 0 Å². The third kappa shape index (κ3) is 8.21. The molecule has 0 unspecified atom stereocenters. The molecule has 41 heavy (non-hydrogen) atoms. The van der Waals surface area contributed by atoms with Crippen molar-refractivity contribution >= 4 is 5.97 Å². The van der Waals surface area contributed by atoms with Gasteiger partial charge in [-0.2, -0.15) is 0 Å². The Balaban J connectivity index is 1.81. The molecule has 0 amide bonds. The van der Waals surface area contributed by atoms with Crippen LogP contribution in [-0.4, -0.2) is 23.8 Å². The lowest BCUT2D eigenvalue weighted by atomic mass is 9.92. The van der Waals surface area contributed by atoms with Gasteiger partial charge in [-0.3, -0.25) is 9.69 Å². The summed E-state index contributed by atoms with van der Waals surface area (Å²) in [5.74, 6) is -0.607. The minimum Gasteiger partial charge on any atom is -0.466 e. The van der Waals surface area contributed by atoms with Gasteiger partial charge in [0.1, 0.15) is 5.75 Å². The molecular weight excluding hydrogens is 527 g/mol. The molecule has 0 heterocycles. The molecule has 0 aliphatic carbocycles. The van der Waals surface area contributed by atoms with E-state index in [9.17, 15) is 18.0 Å². The second-order valence-corrected chi connectivity index (χ2v) is 9.92. The van der Waals surface area contributed by atoms with Crippen LogP contribution in [0.2, 0.25) is 0 Å². The Morgan fingerprint density at radius 2 is 1.54 bits per heavy atom. The Morgan fingerprint density at radius 3 is 2.20 bits per heavy atom. The third-order valence-electron chi connectivity index (χ3n) is 7.08. The maximum Gasteiger partial charge on any atom is 0.573 e. The molecule has 0 fully saturated rings. The lowest BCUT2D eigenvalue weighted by Gasteiger charge is -2.37. The molecule has 4 aromatic rings. The van der Waals surface area contributed by atoms with Gasteiger partial charge in [-0.15, -0.1) is 13.2 Å². The van der Waals surface area contributed by atoms with Crippen LogP contribution < -0.4 is 4.74 Å². The fourth-order valence-electron chi connectivity index (χ4n) is 5.06. The lowest BCUT2D eigenvalue weighted by molar-refractivity contribution is -0.274. The molecule has 0 spiro atoms. The molecule has 0 aliphatic rings. The highest BCUT2D eigenvalue weighted by atomic mass is 19.4. The Bertz CT molecular complexity index is 1420. The monoisotopic (exact) mass is 561 g/mol. The average molecular weight is 562 g/mol. The van der Waals surface area contributed by atoms with Crippen molar-refractivity contribution in [3.8, 4) is 16.9 Å². The van der Waals surface area contributed by atoms with Gasteiger partial charge in [0.05, 0.1) is 13.0 Å². The third-order valence-corrected chi connectivity index (χ3v) is 7.08. The van der Waals surface area contributed by atoms with Crippen LogP contribution in [0.1, 0.15) is 54.6 Å². The summed E-state index contributed by atoms with van der Waals surface area (Å²) in [4.78, 5) is 15.2. The SMILES string of the molecule is CCOC(=O)C[C@@H](c1ccc(C)c(-c2cccc(OC(F)(F)F)c2)c1)N(Cc1ccccc1)[C@H](C)c1ccccc1. The van der Waals surface area contributed by atoms with Crippen molar-refractivity contribution in [2.24, 2.45) is 0 Å². The van der Waals surface area contributed by atoms with E-state index in [1.165, 1.54) is 18.2 Å². The molecule has 214 valence electrons. The van der Waals surface area contributed by atoms with Gasteiger partial charge >= 0.3 is 12.3 Å². The van der Waals surface area contributed by atoms with Crippen LogP contribution in [0.3, 0.4) is 0 Å². The molecule has 4 nitrogen and oxygen atoms in total. The number of hydrogen-bond donors (Lipinski definition) is 0. The number of rotatable bonds is 11. The topological polar surface area (TPSA) is 38.8 Å². The van der Waals surface area contributed by atoms with Gasteiger partial charge in [-0.25, -0.2) is 0 Å². The predicted molar refractivity (Wildman–Crippen MR) is 154 cm³/mol. The smallest absolute Gasteiger partial charge is 0.466 e. The zero-order chi connectivity index (χ0) is 29.4. The molecule has 0 N–H and O–H groups in total. The molecule has 0 aliphatic heterocycles. The highest BCUT2D eigenvalue weighted by Crippen LogP contribution is 2.38. The zero-order valence-corrected chi connectivity index (χ0v) is 23.4. The largest absolute Gasteiger partial charge is 0.573 e. The summed E-state index contributed by atoms with van der Waals surface area (Å²) >= 11 is 0. The summed E-state index contributed by atoms with van der Waals surface area (Å²) in [6.07, 6.45) is -4.68. The molecule has 4 aromatic carbocycles. The van der Waals surface area contributed by atoms with E-state index in [1.807, 2.05) is 61.5 Å². The molecule has 0 aromatic heterocycles. The molecular formula is C34H34F3NO3. The van der Waals surface area contributed by atoms with Crippen LogP contribution in [0.5, 0.6) is 5.75 Å². The lowest BCUT2D eigenvalue weighted by Crippen LogP contribution is -2.33. The fourth-order valence-corrected chi connectivity index (χ4v) is 5.06. The maximum absolute atomic E-state index is 13.0. The van der Waals surface area contributed by atoms with Crippen LogP contribution in [0.4, 0.5) is 13.2 Å². The fraction of sp³-hybridized carbons (Fsp3) is 0.265. The van der Waals surface area contributed by atoms with Gasteiger partial charge < -0.3 is 9.47 Å². The van der Waals surface area contributed by atoms with Crippen molar-refractivity contribution in [3.63, 3.8) is 0 Å². The van der Waals surface area contributed by atoms with Crippen molar-refractivity contribution in [2.75, 3.05) is 6.61 Å². The normalized spacial score (nSPS) is 13.0. The molecule has 2 atom stereocenters. The summed E-state index contributed by atoms with van der Waals surface area (Å²) in [6, 6.07) is 31.5. The van der Waals surface area contributed by atoms with Gasteiger partial charge in [-0.05, 0) is 72.4 Å². The van der Waals surface area contributed by atoms with Crippen molar-refractivity contribution in [1.29, 1.82) is 0 Å². The number of nitrogens with zero attached hydrogens (tertiary/aromatic N) is 1. The quantitative estimate of drug-likeness (QED) is 0.172. The van der Waals surface area contributed by atoms with Crippen LogP contribution >= 0.6 is 0 Å². The van der Waals surface area contributed by atoms with Gasteiger partial charge in [0.25, 0.3) is 0 Å². The number of alkyl halides is 3. The molecule has 7 heteroatoms. The molecule has 0 radical (unpaired) electrons. The molecule has 4 rings (SSSR count). The Kier molecular flexibility index (Phi) is 9.84. The first-order chi connectivity index (χ1) is 19.6. The zero-order valence-electron chi connectivity index (χ0n) is 23.4. The van der Waals surface area contributed by atoms with E-state index in [2.05, 4.69) is 40.8 Å². The number of halogens is 3. The number of ether oxygens (including phenoxy) is 2. The van der Waals surface area contributed by atoms with E-state index >= 15 is 0 Å². The highest BCUT2D eigenvalue weighted by Gasteiger charge is 2.32. The Hall–Kier alpha value is -4.10. The standard InChI is InChI=1S/C34H34F3NO3/c1-4-40-33(39)22-32(38(23-26-12-7-5-8-13-26)25(3)27-14-9-6-10-15-27)29-19-18-24(2)31(21-29)28-16-11-17-30(20-28)41-34(35,36)37/h5-21,25,32H,4,22-23H2,1-3H3/t25-,32+/m1/s1. The number of carbonyl (C=O) groups excluding carboxylic acids is 1. The van der Waals surface area contributed by atoms with Gasteiger partial charge in [0, 0.05) is 18.6 Å². The summed E-state index contributed by atoms with van der Waals surface area (Å²) in [5, 5.41) is 0. The van der Waals surface area contributed by atoms with E-state index in [0.717, 1.165) is 27.8 Å². The van der Waals surface area contributed by atoms with Crippen molar-refractivity contribution in [1.82, 2.24) is 4.90 Å². The number of esters is 1. The van der Waals surface area contributed by atoms with Crippen molar-refractivity contribution < 1.29 is 27.4 Å². The van der Waals surface area contributed by atoms with Crippen LogP contribution in [0.25, 0.3) is 11.1 Å². The van der Waals surface area contributed by atoms with E-state index in [4.69, 9.17) is 4.74 Å². The van der Waals surface area contributed by atoms with Crippen LogP contribution in [0.15, 0.2) is 103 Å². The maximum atomic E-state index is 13.0. The number of carbonyl (C=O) groups is 1. The summed E-state index contributed by atoms with van der Waals surface area (Å²) in [5.41, 5.74) is 5.29. The summed E-state index contributed by atoms with van der Waals surface area (Å²) in [7, 11) is 0. The van der Waals surface area contributed by atoms with Gasteiger partial charge in [0.2, 0.25) is 0 Å². The average Bonchev–Trinajstić information content (AvgIpc) is 2.95.